The van der Waals surface area contributed by atoms with Crippen LogP contribution >= 0.6 is 0 Å². The van der Waals surface area contributed by atoms with Gasteiger partial charge in [-0.25, -0.2) is 4.39 Å². The predicted molar refractivity (Wildman–Crippen MR) is 47.9 cm³/mol. The Hall–Kier alpha value is -0.930. The summed E-state index contributed by atoms with van der Waals surface area (Å²) < 4.78 is 17.7. The van der Waals surface area contributed by atoms with Gasteiger partial charge in [0.2, 0.25) is 0 Å². The largest absolute Gasteiger partial charge is 0.369 e. The van der Waals surface area contributed by atoms with Gasteiger partial charge in [-0.05, 0) is 11.1 Å². The van der Waals surface area contributed by atoms with Crippen molar-refractivity contribution < 1.29 is 9.13 Å². The van der Waals surface area contributed by atoms with Crippen LogP contribution in [0, 0.1) is 0 Å². The topological polar surface area (TPSA) is 35.2 Å². The Morgan fingerprint density at radius 3 is 3.00 bits per heavy atom. The SMILES string of the molecule is N[C@H]1c2ccccc2CO[C@@H]1CF. The minimum atomic E-state index is -0.518. The first kappa shape index (κ1) is 8.66. The van der Waals surface area contributed by atoms with Crippen molar-refractivity contribution >= 4 is 0 Å². The van der Waals surface area contributed by atoms with Gasteiger partial charge in [-0.1, -0.05) is 24.3 Å². The third kappa shape index (κ3) is 1.45. The van der Waals surface area contributed by atoms with Crippen molar-refractivity contribution in [2.24, 2.45) is 5.73 Å². The van der Waals surface area contributed by atoms with Gasteiger partial charge in [0.05, 0.1) is 12.6 Å². The standard InChI is InChI=1S/C10H12FNO/c11-5-9-10(12)8-4-2-1-3-7(8)6-13-9/h1-4,9-10H,5-6,12H2/t9-,10+/m1/s1. The molecule has 2 N–H and O–H groups in total. The molecule has 2 atom stereocenters. The molecule has 0 fully saturated rings. The molecular weight excluding hydrogens is 169 g/mol. The van der Waals surface area contributed by atoms with Gasteiger partial charge in [-0.3, -0.25) is 0 Å². The van der Waals surface area contributed by atoms with E-state index in [2.05, 4.69) is 0 Å². The lowest BCUT2D eigenvalue weighted by molar-refractivity contribution is -0.00557. The molecule has 0 saturated carbocycles. The smallest absolute Gasteiger partial charge is 0.117 e. The summed E-state index contributed by atoms with van der Waals surface area (Å²) >= 11 is 0. The number of benzene rings is 1. The molecule has 1 aromatic carbocycles. The van der Waals surface area contributed by atoms with E-state index in [1.165, 1.54) is 0 Å². The highest BCUT2D eigenvalue weighted by atomic mass is 19.1. The van der Waals surface area contributed by atoms with E-state index in [9.17, 15) is 4.39 Å². The second kappa shape index (κ2) is 3.44. The van der Waals surface area contributed by atoms with Gasteiger partial charge in [-0.15, -0.1) is 0 Å². The Morgan fingerprint density at radius 1 is 1.46 bits per heavy atom. The van der Waals surface area contributed by atoms with Gasteiger partial charge in [0, 0.05) is 0 Å². The van der Waals surface area contributed by atoms with Crippen LogP contribution in [-0.2, 0) is 11.3 Å². The highest BCUT2D eigenvalue weighted by Crippen LogP contribution is 2.27. The molecule has 0 unspecified atom stereocenters. The molecule has 70 valence electrons. The Kier molecular flexibility index (Phi) is 2.29. The molecule has 0 spiro atoms. The number of alkyl halides is 1. The van der Waals surface area contributed by atoms with Crippen LogP contribution in [0.15, 0.2) is 24.3 Å². The number of rotatable bonds is 1. The maximum atomic E-state index is 12.4. The first-order chi connectivity index (χ1) is 6.33. The number of fused-ring (bicyclic) bond motifs is 1. The van der Waals surface area contributed by atoms with Crippen LogP contribution in [0.2, 0.25) is 0 Å². The molecule has 3 heteroatoms. The number of ether oxygens (including phenoxy) is 1. The van der Waals surface area contributed by atoms with Gasteiger partial charge in [0.25, 0.3) is 0 Å². The van der Waals surface area contributed by atoms with Gasteiger partial charge < -0.3 is 10.5 Å². The summed E-state index contributed by atoms with van der Waals surface area (Å²) in [5.41, 5.74) is 7.92. The Morgan fingerprint density at radius 2 is 2.23 bits per heavy atom. The lowest BCUT2D eigenvalue weighted by atomic mass is 9.95. The van der Waals surface area contributed by atoms with Crippen molar-refractivity contribution in [3.8, 4) is 0 Å². The number of nitrogens with two attached hydrogens (primary N) is 1. The summed E-state index contributed by atoms with van der Waals surface area (Å²) in [5, 5.41) is 0. The van der Waals surface area contributed by atoms with Crippen molar-refractivity contribution in [2.75, 3.05) is 6.67 Å². The van der Waals surface area contributed by atoms with E-state index in [0.717, 1.165) is 11.1 Å². The monoisotopic (exact) mass is 181 g/mol. The Labute approximate surface area is 76.5 Å². The summed E-state index contributed by atoms with van der Waals surface area (Å²) in [6.45, 7) is -0.0477. The maximum Gasteiger partial charge on any atom is 0.117 e. The highest BCUT2D eigenvalue weighted by molar-refractivity contribution is 5.31. The third-order valence-corrected chi connectivity index (χ3v) is 2.42. The van der Waals surface area contributed by atoms with E-state index < -0.39 is 12.8 Å². The first-order valence-electron chi connectivity index (χ1n) is 4.34. The molecule has 1 heterocycles. The minimum Gasteiger partial charge on any atom is -0.369 e. The van der Waals surface area contributed by atoms with Crippen LogP contribution in [0.3, 0.4) is 0 Å². The summed E-state index contributed by atoms with van der Waals surface area (Å²) in [6, 6.07) is 7.42. The molecule has 0 aromatic heterocycles. The van der Waals surface area contributed by atoms with Crippen LogP contribution in [0.5, 0.6) is 0 Å². The molecular formula is C10H12FNO. The molecule has 1 aromatic rings. The molecule has 2 nitrogen and oxygen atoms in total. The second-order valence-electron chi connectivity index (χ2n) is 3.23. The van der Waals surface area contributed by atoms with Crippen LogP contribution in [-0.4, -0.2) is 12.8 Å². The molecule has 1 aliphatic heterocycles. The Balaban J connectivity index is 2.33. The zero-order chi connectivity index (χ0) is 9.26. The van der Waals surface area contributed by atoms with Crippen LogP contribution in [0.1, 0.15) is 17.2 Å². The molecule has 0 amide bonds. The fourth-order valence-electron chi connectivity index (χ4n) is 1.63. The van der Waals surface area contributed by atoms with Gasteiger partial charge in [0.15, 0.2) is 0 Å². The molecule has 0 radical (unpaired) electrons. The lowest BCUT2D eigenvalue weighted by Gasteiger charge is -2.29. The van der Waals surface area contributed by atoms with Crippen LogP contribution in [0.25, 0.3) is 0 Å². The molecule has 13 heavy (non-hydrogen) atoms. The predicted octanol–water partition coefficient (Wildman–Crippen LogP) is 1.55. The van der Waals surface area contributed by atoms with Gasteiger partial charge in [0.1, 0.15) is 12.8 Å². The van der Waals surface area contributed by atoms with E-state index in [-0.39, 0.29) is 6.04 Å². The van der Waals surface area contributed by atoms with E-state index in [1.54, 1.807) is 0 Å². The zero-order valence-electron chi connectivity index (χ0n) is 7.24. The fourth-order valence-corrected chi connectivity index (χ4v) is 1.63. The molecule has 1 aliphatic rings. The minimum absolute atomic E-state index is 0.324. The maximum absolute atomic E-state index is 12.4. The van der Waals surface area contributed by atoms with E-state index in [0.29, 0.717) is 6.61 Å². The average molecular weight is 181 g/mol. The summed E-state index contributed by atoms with van der Waals surface area (Å²) in [4.78, 5) is 0. The zero-order valence-corrected chi connectivity index (χ0v) is 7.24. The van der Waals surface area contributed by atoms with Crippen LogP contribution < -0.4 is 5.73 Å². The van der Waals surface area contributed by atoms with Crippen LogP contribution in [0.4, 0.5) is 4.39 Å². The molecule has 0 aliphatic carbocycles. The van der Waals surface area contributed by atoms with Crippen molar-refractivity contribution in [2.45, 2.75) is 18.8 Å². The molecule has 0 saturated heterocycles. The first-order valence-corrected chi connectivity index (χ1v) is 4.34. The third-order valence-electron chi connectivity index (χ3n) is 2.42. The van der Waals surface area contributed by atoms with E-state index in [4.69, 9.17) is 10.5 Å². The average Bonchev–Trinajstić information content (AvgIpc) is 2.19. The summed E-state index contributed by atoms with van der Waals surface area (Å²) in [5.74, 6) is 0. The number of hydrogen-bond acceptors (Lipinski definition) is 2. The van der Waals surface area contributed by atoms with Crippen molar-refractivity contribution in [1.82, 2.24) is 0 Å². The summed E-state index contributed by atoms with van der Waals surface area (Å²) in [7, 11) is 0. The van der Waals surface area contributed by atoms with Crippen molar-refractivity contribution in [3.63, 3.8) is 0 Å². The normalized spacial score (nSPS) is 26.9. The van der Waals surface area contributed by atoms with Crippen molar-refractivity contribution in [3.05, 3.63) is 35.4 Å². The number of hydrogen-bond donors (Lipinski definition) is 1. The van der Waals surface area contributed by atoms with E-state index >= 15 is 0 Å². The van der Waals surface area contributed by atoms with Gasteiger partial charge in [-0.2, -0.15) is 0 Å². The summed E-state index contributed by atoms with van der Waals surface area (Å²) in [6.07, 6.45) is -0.477. The quantitative estimate of drug-likeness (QED) is 0.713. The van der Waals surface area contributed by atoms with Crippen molar-refractivity contribution in [1.29, 1.82) is 0 Å². The molecule has 2 rings (SSSR count). The fraction of sp³-hybridized carbons (Fsp3) is 0.400. The number of halogens is 1. The van der Waals surface area contributed by atoms with E-state index in [1.807, 2.05) is 24.3 Å². The highest BCUT2D eigenvalue weighted by Gasteiger charge is 2.26. The second-order valence-corrected chi connectivity index (χ2v) is 3.23. The lowest BCUT2D eigenvalue weighted by Crippen LogP contribution is -2.35. The molecule has 0 bridgehead atoms. The van der Waals surface area contributed by atoms with Gasteiger partial charge >= 0.3 is 0 Å². The Bertz CT molecular complexity index is 303.